The molecule has 0 unspecified atom stereocenters. The molecule has 2 rings (SSSR count). The zero-order valence-corrected chi connectivity index (χ0v) is 11.8. The van der Waals surface area contributed by atoms with E-state index in [0.717, 1.165) is 17.9 Å². The second-order valence-corrected chi connectivity index (χ2v) is 4.70. The molecular weight excluding hydrogens is 250 g/mol. The van der Waals surface area contributed by atoms with Crippen molar-refractivity contribution in [3.05, 3.63) is 59.7 Å². The quantitative estimate of drug-likeness (QED) is 0.787. The Bertz CT molecular complexity index is 540. The predicted molar refractivity (Wildman–Crippen MR) is 81.4 cm³/mol. The van der Waals surface area contributed by atoms with Crippen LogP contribution in [0.1, 0.15) is 11.1 Å². The summed E-state index contributed by atoms with van der Waals surface area (Å²) in [5.74, 6) is 1.74. The maximum atomic E-state index is 5.68. The summed E-state index contributed by atoms with van der Waals surface area (Å²) in [7, 11) is 0. The monoisotopic (exact) mass is 271 g/mol. The lowest BCUT2D eigenvalue weighted by atomic mass is 10.1. The van der Waals surface area contributed by atoms with Crippen molar-refractivity contribution in [2.75, 3.05) is 19.8 Å². The Kier molecular flexibility index (Phi) is 5.44. The Morgan fingerprint density at radius 3 is 2.20 bits per heavy atom. The molecule has 0 amide bonds. The fourth-order valence-electron chi connectivity index (χ4n) is 1.98. The van der Waals surface area contributed by atoms with Gasteiger partial charge >= 0.3 is 0 Å². The van der Waals surface area contributed by atoms with Crippen molar-refractivity contribution in [2.24, 2.45) is 5.73 Å². The van der Waals surface area contributed by atoms with E-state index >= 15 is 0 Å². The third kappa shape index (κ3) is 4.59. The van der Waals surface area contributed by atoms with Gasteiger partial charge in [0.05, 0.1) is 0 Å². The van der Waals surface area contributed by atoms with Gasteiger partial charge < -0.3 is 15.2 Å². The largest absolute Gasteiger partial charge is 0.490 e. The summed E-state index contributed by atoms with van der Waals surface area (Å²) in [5.41, 5.74) is 7.94. The van der Waals surface area contributed by atoms with E-state index in [2.05, 4.69) is 6.07 Å². The van der Waals surface area contributed by atoms with Crippen molar-refractivity contribution < 1.29 is 9.47 Å². The number of hydrogen-bond acceptors (Lipinski definition) is 3. The summed E-state index contributed by atoms with van der Waals surface area (Å²) < 4.78 is 11.3. The second-order valence-electron chi connectivity index (χ2n) is 4.70. The molecule has 0 heterocycles. The van der Waals surface area contributed by atoms with Gasteiger partial charge in [-0.1, -0.05) is 24.3 Å². The number of benzene rings is 2. The van der Waals surface area contributed by atoms with Gasteiger partial charge in [-0.2, -0.15) is 0 Å². The molecule has 0 atom stereocenters. The van der Waals surface area contributed by atoms with E-state index in [1.54, 1.807) is 0 Å². The molecule has 0 bridgehead atoms. The molecule has 2 aromatic rings. The zero-order valence-electron chi connectivity index (χ0n) is 11.8. The normalized spacial score (nSPS) is 10.3. The SMILES string of the molecule is Cc1cccc(OCCOc2cccc(CCN)c2)c1. The molecule has 2 aromatic carbocycles. The van der Waals surface area contributed by atoms with Crippen molar-refractivity contribution in [3.63, 3.8) is 0 Å². The molecule has 0 saturated heterocycles. The summed E-state index contributed by atoms with van der Waals surface area (Å²) in [5, 5.41) is 0. The molecule has 106 valence electrons. The maximum Gasteiger partial charge on any atom is 0.122 e. The Labute approximate surface area is 120 Å². The predicted octanol–water partition coefficient (Wildman–Crippen LogP) is 2.95. The van der Waals surface area contributed by atoms with Gasteiger partial charge in [-0.25, -0.2) is 0 Å². The smallest absolute Gasteiger partial charge is 0.122 e. The van der Waals surface area contributed by atoms with Crippen LogP contribution in [0, 0.1) is 6.92 Å². The molecule has 0 aliphatic rings. The lowest BCUT2D eigenvalue weighted by Gasteiger charge is -2.09. The summed E-state index contributed by atoms with van der Waals surface area (Å²) in [4.78, 5) is 0. The van der Waals surface area contributed by atoms with Crippen molar-refractivity contribution >= 4 is 0 Å². The van der Waals surface area contributed by atoms with Crippen molar-refractivity contribution in [1.82, 2.24) is 0 Å². The average molecular weight is 271 g/mol. The van der Waals surface area contributed by atoms with Crippen LogP contribution >= 0.6 is 0 Å². The van der Waals surface area contributed by atoms with Gasteiger partial charge in [0.25, 0.3) is 0 Å². The minimum absolute atomic E-state index is 0.528. The molecule has 20 heavy (non-hydrogen) atoms. The molecule has 0 spiro atoms. The van der Waals surface area contributed by atoms with Crippen LogP contribution < -0.4 is 15.2 Å². The van der Waals surface area contributed by atoms with Crippen molar-refractivity contribution in [3.8, 4) is 11.5 Å². The van der Waals surface area contributed by atoms with E-state index in [-0.39, 0.29) is 0 Å². The molecule has 0 aromatic heterocycles. The zero-order chi connectivity index (χ0) is 14.2. The first-order valence-corrected chi connectivity index (χ1v) is 6.89. The molecule has 2 N–H and O–H groups in total. The van der Waals surface area contributed by atoms with Gasteiger partial charge in [0.2, 0.25) is 0 Å². The number of ether oxygens (including phenoxy) is 2. The molecule has 3 nitrogen and oxygen atoms in total. The van der Waals surface area contributed by atoms with Crippen LogP contribution in [0.15, 0.2) is 48.5 Å². The van der Waals surface area contributed by atoms with E-state index in [4.69, 9.17) is 15.2 Å². The van der Waals surface area contributed by atoms with Gasteiger partial charge in [0, 0.05) is 0 Å². The number of nitrogens with two attached hydrogens (primary N) is 1. The summed E-state index contributed by atoms with van der Waals surface area (Å²) >= 11 is 0. The molecule has 0 saturated carbocycles. The average Bonchev–Trinajstić information content (AvgIpc) is 2.45. The molecule has 0 aliphatic heterocycles. The lowest BCUT2D eigenvalue weighted by Crippen LogP contribution is -2.09. The highest BCUT2D eigenvalue weighted by molar-refractivity contribution is 5.29. The minimum atomic E-state index is 0.528. The Morgan fingerprint density at radius 2 is 1.55 bits per heavy atom. The molecule has 0 radical (unpaired) electrons. The molecule has 3 heteroatoms. The van der Waals surface area contributed by atoms with Gasteiger partial charge in [-0.05, 0) is 55.3 Å². The second kappa shape index (κ2) is 7.56. The van der Waals surface area contributed by atoms with Gasteiger partial charge in [0.1, 0.15) is 24.7 Å². The number of aryl methyl sites for hydroxylation is 1. The third-order valence-corrected chi connectivity index (χ3v) is 2.94. The van der Waals surface area contributed by atoms with Crippen LogP contribution in [-0.2, 0) is 6.42 Å². The fourth-order valence-corrected chi connectivity index (χ4v) is 1.98. The van der Waals surface area contributed by atoms with Crippen LogP contribution in [0.5, 0.6) is 11.5 Å². The number of rotatable bonds is 7. The van der Waals surface area contributed by atoms with Crippen molar-refractivity contribution in [2.45, 2.75) is 13.3 Å². The first-order valence-electron chi connectivity index (χ1n) is 6.89. The molecule has 0 fully saturated rings. The Hall–Kier alpha value is -2.00. The summed E-state index contributed by atoms with van der Waals surface area (Å²) in [6.45, 7) is 3.76. The highest BCUT2D eigenvalue weighted by Gasteiger charge is 1.98. The highest BCUT2D eigenvalue weighted by atomic mass is 16.5. The molecule has 0 aliphatic carbocycles. The van der Waals surface area contributed by atoms with Gasteiger partial charge in [0.15, 0.2) is 0 Å². The van der Waals surface area contributed by atoms with E-state index in [9.17, 15) is 0 Å². The van der Waals surface area contributed by atoms with E-state index in [1.165, 1.54) is 11.1 Å². The third-order valence-electron chi connectivity index (χ3n) is 2.94. The number of hydrogen-bond donors (Lipinski definition) is 1. The maximum absolute atomic E-state index is 5.68. The summed E-state index contributed by atoms with van der Waals surface area (Å²) in [6.07, 6.45) is 0.872. The minimum Gasteiger partial charge on any atom is -0.490 e. The first kappa shape index (κ1) is 14.4. The fraction of sp³-hybridized carbons (Fsp3) is 0.294. The first-order chi connectivity index (χ1) is 9.78. The molecular formula is C17H21NO2. The van der Waals surface area contributed by atoms with E-state index in [1.807, 2.05) is 49.4 Å². The topological polar surface area (TPSA) is 44.5 Å². The van der Waals surface area contributed by atoms with Crippen LogP contribution in [0.4, 0.5) is 0 Å². The van der Waals surface area contributed by atoms with Crippen molar-refractivity contribution in [1.29, 1.82) is 0 Å². The van der Waals surface area contributed by atoms with Crippen LogP contribution in [0.2, 0.25) is 0 Å². The van der Waals surface area contributed by atoms with Crippen LogP contribution in [0.3, 0.4) is 0 Å². The standard InChI is InChI=1S/C17H21NO2/c1-14-4-2-6-16(12-14)19-10-11-20-17-7-3-5-15(13-17)8-9-18/h2-7,12-13H,8-11,18H2,1H3. The Morgan fingerprint density at radius 1 is 0.900 bits per heavy atom. The van der Waals surface area contributed by atoms with Gasteiger partial charge in [-0.3, -0.25) is 0 Å². The van der Waals surface area contributed by atoms with E-state index < -0.39 is 0 Å². The van der Waals surface area contributed by atoms with Gasteiger partial charge in [-0.15, -0.1) is 0 Å². The summed E-state index contributed by atoms with van der Waals surface area (Å²) in [6, 6.07) is 16.0. The lowest BCUT2D eigenvalue weighted by molar-refractivity contribution is 0.217. The highest BCUT2D eigenvalue weighted by Crippen LogP contribution is 2.14. The van der Waals surface area contributed by atoms with Crippen LogP contribution in [0.25, 0.3) is 0 Å². The van der Waals surface area contributed by atoms with E-state index in [0.29, 0.717) is 19.8 Å². The Balaban J connectivity index is 1.77. The van der Waals surface area contributed by atoms with Crippen LogP contribution in [-0.4, -0.2) is 19.8 Å².